The molecule has 1 aromatic carbocycles. The molecular weight excluding hydrogens is 383 g/mol. The number of nitrogen functional groups attached to an aromatic ring is 1. The van der Waals surface area contributed by atoms with Gasteiger partial charge in [0.2, 0.25) is 5.91 Å². The molecule has 0 saturated heterocycles. The summed E-state index contributed by atoms with van der Waals surface area (Å²) >= 11 is 0. The monoisotopic (exact) mass is 406 g/mol. The first-order valence-corrected chi connectivity index (χ1v) is 10.2. The van der Waals surface area contributed by atoms with Gasteiger partial charge in [-0.15, -0.1) is 0 Å². The predicted octanol–water partition coefficient (Wildman–Crippen LogP) is 3.67. The second-order valence-corrected chi connectivity index (χ2v) is 8.39. The number of nitrogens with one attached hydrogen (secondary N) is 1. The first-order valence-electron chi connectivity index (χ1n) is 10.2. The van der Waals surface area contributed by atoms with Crippen molar-refractivity contribution in [2.75, 3.05) is 11.1 Å². The van der Waals surface area contributed by atoms with E-state index in [1.54, 1.807) is 24.5 Å². The molecule has 0 bridgehead atoms. The van der Waals surface area contributed by atoms with Crippen LogP contribution in [0, 0.1) is 30.5 Å². The Kier molecular flexibility index (Phi) is 4.43. The lowest BCUT2D eigenvalue weighted by Gasteiger charge is -2.14. The van der Waals surface area contributed by atoms with Gasteiger partial charge in [-0.25, -0.2) is 9.37 Å². The Labute approximate surface area is 173 Å². The molecule has 4 atom stereocenters. The van der Waals surface area contributed by atoms with E-state index in [2.05, 4.69) is 15.3 Å². The normalized spacial score (nSPS) is 25.0. The van der Waals surface area contributed by atoms with Crippen LogP contribution in [0.1, 0.15) is 24.8 Å². The third-order valence-corrected chi connectivity index (χ3v) is 6.59. The van der Waals surface area contributed by atoms with Crippen LogP contribution in [0.25, 0.3) is 21.9 Å². The van der Waals surface area contributed by atoms with E-state index in [9.17, 15) is 14.3 Å². The average Bonchev–Trinajstić information content (AvgIpc) is 3.47. The topological polar surface area (TPSA) is 101 Å². The van der Waals surface area contributed by atoms with Crippen molar-refractivity contribution in [3.05, 3.63) is 48.2 Å². The summed E-state index contributed by atoms with van der Waals surface area (Å²) in [7, 11) is 0. The third kappa shape index (κ3) is 3.01. The molecule has 0 aliphatic heterocycles. The number of fused-ring (bicyclic) bond motifs is 2. The number of anilines is 2. The number of benzene rings is 1. The Morgan fingerprint density at radius 3 is 2.87 bits per heavy atom. The maximum Gasteiger partial charge on any atom is 0.229 e. The number of carbonyl (C=O) groups excluding carboxylic acids is 1. The Balaban J connectivity index is 1.47. The lowest BCUT2D eigenvalue weighted by Crippen LogP contribution is -2.19. The first kappa shape index (κ1) is 18.9. The third-order valence-electron chi connectivity index (χ3n) is 6.59. The van der Waals surface area contributed by atoms with Gasteiger partial charge in [-0.3, -0.25) is 9.78 Å². The largest absolute Gasteiger partial charge is 0.396 e. The van der Waals surface area contributed by atoms with Gasteiger partial charge in [0, 0.05) is 46.9 Å². The molecule has 5 rings (SSSR count). The highest BCUT2D eigenvalue weighted by Gasteiger charge is 2.58. The highest BCUT2D eigenvalue weighted by Crippen LogP contribution is 2.55. The first-order chi connectivity index (χ1) is 14.5. The summed E-state index contributed by atoms with van der Waals surface area (Å²) < 4.78 is 15.0. The number of hydrogen-bond acceptors (Lipinski definition) is 5. The summed E-state index contributed by atoms with van der Waals surface area (Å²) in [5.41, 5.74) is 8.00. The second-order valence-electron chi connectivity index (χ2n) is 8.39. The molecule has 2 aromatic heterocycles. The van der Waals surface area contributed by atoms with Gasteiger partial charge < -0.3 is 16.2 Å². The van der Waals surface area contributed by atoms with Gasteiger partial charge in [-0.2, -0.15) is 0 Å². The van der Waals surface area contributed by atoms with Gasteiger partial charge in [0.25, 0.3) is 0 Å². The number of halogens is 1. The summed E-state index contributed by atoms with van der Waals surface area (Å²) in [4.78, 5) is 21.1. The van der Waals surface area contributed by atoms with Gasteiger partial charge in [0.15, 0.2) is 5.82 Å². The molecule has 30 heavy (non-hydrogen) atoms. The lowest BCUT2D eigenvalue weighted by molar-refractivity contribution is -0.118. The quantitative estimate of drug-likeness (QED) is 0.576. The zero-order valence-corrected chi connectivity index (χ0v) is 16.6. The summed E-state index contributed by atoms with van der Waals surface area (Å²) in [6.45, 7) is 1.89. The summed E-state index contributed by atoms with van der Waals surface area (Å²) in [6, 6.07) is 5.24. The van der Waals surface area contributed by atoms with Crippen molar-refractivity contribution in [1.82, 2.24) is 9.97 Å². The van der Waals surface area contributed by atoms with Crippen molar-refractivity contribution >= 4 is 28.2 Å². The summed E-state index contributed by atoms with van der Waals surface area (Å²) in [5.74, 6) is -0.0648. The van der Waals surface area contributed by atoms with Gasteiger partial charge in [-0.05, 0) is 54.8 Å². The standard InChI is InChI=1S/C23H23FN4O2/c1-11-5-6-26-9-15(11)14-7-12-8-18(27-10-16(12)22(25)21(14)24)28-23(30)20-13-3-2-4-17(29)19(13)20/h5-10,13,17,19-20,29H,2-4,25H2,1H3,(H,27,28,30)/t13-,17+,19-,20+/m1/s1. The molecule has 3 aromatic rings. The molecule has 154 valence electrons. The van der Waals surface area contributed by atoms with Crippen molar-refractivity contribution in [2.24, 2.45) is 17.8 Å². The molecule has 2 heterocycles. The van der Waals surface area contributed by atoms with E-state index >= 15 is 0 Å². The number of amides is 1. The number of aromatic nitrogens is 2. The number of pyridine rings is 2. The number of nitrogens with two attached hydrogens (primary N) is 1. The molecule has 2 aliphatic rings. The van der Waals surface area contributed by atoms with Crippen LogP contribution in [0.5, 0.6) is 0 Å². The number of aliphatic hydroxyl groups is 1. The molecule has 7 heteroatoms. The summed E-state index contributed by atoms with van der Waals surface area (Å²) in [5, 5.41) is 14.2. The Bertz CT molecular complexity index is 1170. The van der Waals surface area contributed by atoms with E-state index in [0.29, 0.717) is 27.7 Å². The maximum absolute atomic E-state index is 15.0. The molecule has 6 nitrogen and oxygen atoms in total. The molecule has 2 fully saturated rings. The zero-order chi connectivity index (χ0) is 21.0. The minimum atomic E-state index is -0.506. The van der Waals surface area contributed by atoms with Crippen molar-refractivity contribution in [1.29, 1.82) is 0 Å². The van der Waals surface area contributed by atoms with Crippen LogP contribution >= 0.6 is 0 Å². The fraction of sp³-hybridized carbons (Fsp3) is 0.348. The fourth-order valence-corrected chi connectivity index (χ4v) is 4.94. The number of aryl methyl sites for hydroxylation is 1. The number of nitrogens with zero attached hydrogens (tertiary/aromatic N) is 2. The van der Waals surface area contributed by atoms with Crippen LogP contribution in [0.2, 0.25) is 0 Å². The Morgan fingerprint density at radius 2 is 2.10 bits per heavy atom. The van der Waals surface area contributed by atoms with Gasteiger partial charge in [0.1, 0.15) is 5.82 Å². The highest BCUT2D eigenvalue weighted by atomic mass is 19.1. The smallest absolute Gasteiger partial charge is 0.229 e. The second kappa shape index (κ2) is 7.02. The maximum atomic E-state index is 15.0. The molecule has 0 radical (unpaired) electrons. The molecule has 2 aliphatic carbocycles. The van der Waals surface area contributed by atoms with Crippen LogP contribution in [0.3, 0.4) is 0 Å². The fourth-order valence-electron chi connectivity index (χ4n) is 4.94. The van der Waals surface area contributed by atoms with E-state index in [-0.39, 0.29) is 29.3 Å². The molecule has 0 spiro atoms. The van der Waals surface area contributed by atoms with E-state index in [4.69, 9.17) is 5.73 Å². The van der Waals surface area contributed by atoms with Crippen LogP contribution in [0.15, 0.2) is 36.8 Å². The van der Waals surface area contributed by atoms with Crippen LogP contribution in [0.4, 0.5) is 15.9 Å². The summed E-state index contributed by atoms with van der Waals surface area (Å²) in [6.07, 6.45) is 7.07. The van der Waals surface area contributed by atoms with Crippen molar-refractivity contribution in [3.8, 4) is 11.1 Å². The highest BCUT2D eigenvalue weighted by molar-refractivity contribution is 6.00. The molecule has 4 N–H and O–H groups in total. The van der Waals surface area contributed by atoms with Gasteiger partial charge in [0.05, 0.1) is 11.8 Å². The zero-order valence-electron chi connectivity index (χ0n) is 16.6. The minimum absolute atomic E-state index is 0.0208. The van der Waals surface area contributed by atoms with Crippen LogP contribution in [-0.4, -0.2) is 27.1 Å². The number of carbonyl (C=O) groups is 1. The number of aliphatic hydroxyl groups excluding tert-OH is 1. The van der Waals surface area contributed by atoms with Gasteiger partial charge >= 0.3 is 0 Å². The Morgan fingerprint density at radius 1 is 1.27 bits per heavy atom. The van der Waals surface area contributed by atoms with Crippen LogP contribution in [-0.2, 0) is 4.79 Å². The number of hydrogen-bond donors (Lipinski definition) is 3. The van der Waals surface area contributed by atoms with Crippen LogP contribution < -0.4 is 11.1 Å². The molecule has 2 saturated carbocycles. The van der Waals surface area contributed by atoms with E-state index in [1.165, 1.54) is 6.20 Å². The molecule has 1 amide bonds. The minimum Gasteiger partial charge on any atom is -0.396 e. The lowest BCUT2D eigenvalue weighted by atomic mass is 9.98. The molecular formula is C23H23FN4O2. The van der Waals surface area contributed by atoms with E-state index in [0.717, 1.165) is 24.8 Å². The molecule has 0 unspecified atom stereocenters. The predicted molar refractivity (Wildman–Crippen MR) is 113 cm³/mol. The van der Waals surface area contributed by atoms with E-state index < -0.39 is 11.9 Å². The van der Waals surface area contributed by atoms with E-state index in [1.807, 2.05) is 13.0 Å². The SMILES string of the molecule is Cc1ccncc1-c1cc2cc(NC(=O)[C@H]3[C@@H]4CCC[C@H](O)[C@@H]43)ncc2c(N)c1F. The Hall–Kier alpha value is -3.06. The van der Waals surface area contributed by atoms with Crippen molar-refractivity contribution in [2.45, 2.75) is 32.3 Å². The van der Waals surface area contributed by atoms with Crippen molar-refractivity contribution in [3.63, 3.8) is 0 Å². The number of rotatable bonds is 3. The average molecular weight is 406 g/mol. The van der Waals surface area contributed by atoms with Gasteiger partial charge in [-0.1, -0.05) is 6.42 Å². The van der Waals surface area contributed by atoms with Crippen molar-refractivity contribution < 1.29 is 14.3 Å².